The number of nitrogens with zero attached hydrogens (tertiary/aromatic N) is 5. The molecule has 0 unspecified atom stereocenters. The summed E-state index contributed by atoms with van der Waals surface area (Å²) in [4.78, 5) is 32.9. The van der Waals surface area contributed by atoms with E-state index in [0.717, 1.165) is 12.8 Å². The highest BCUT2D eigenvalue weighted by Crippen LogP contribution is 2.34. The zero-order valence-corrected chi connectivity index (χ0v) is 16.3. The van der Waals surface area contributed by atoms with Gasteiger partial charge in [-0.2, -0.15) is 10.4 Å². The van der Waals surface area contributed by atoms with E-state index in [4.69, 9.17) is 4.74 Å². The van der Waals surface area contributed by atoms with Crippen LogP contribution in [0.5, 0.6) is 5.75 Å². The number of hydrogen-bond donors (Lipinski definition) is 3. The monoisotopic (exact) mass is 406 g/mol. The topological polar surface area (TPSA) is 146 Å². The van der Waals surface area contributed by atoms with Crippen molar-refractivity contribution in [2.45, 2.75) is 12.8 Å². The van der Waals surface area contributed by atoms with Crippen LogP contribution < -0.4 is 20.7 Å². The van der Waals surface area contributed by atoms with Crippen LogP contribution in [-0.4, -0.2) is 45.6 Å². The summed E-state index contributed by atoms with van der Waals surface area (Å²) >= 11 is 0. The lowest BCUT2D eigenvalue weighted by molar-refractivity contribution is -0.117. The van der Waals surface area contributed by atoms with E-state index >= 15 is 0 Å². The molecule has 0 bridgehead atoms. The summed E-state index contributed by atoms with van der Waals surface area (Å²) in [5, 5.41) is 21.8. The van der Waals surface area contributed by atoms with Crippen molar-refractivity contribution in [1.29, 1.82) is 5.26 Å². The molecule has 0 aliphatic heterocycles. The van der Waals surface area contributed by atoms with Gasteiger partial charge in [-0.3, -0.25) is 9.59 Å². The van der Waals surface area contributed by atoms with Gasteiger partial charge < -0.3 is 20.7 Å². The number of rotatable bonds is 6. The lowest BCUT2D eigenvalue weighted by atomic mass is 10.2. The summed E-state index contributed by atoms with van der Waals surface area (Å²) in [5.74, 6) is 0.414. The molecule has 1 aliphatic carbocycles. The van der Waals surface area contributed by atoms with Gasteiger partial charge in [0.2, 0.25) is 5.91 Å². The number of anilines is 3. The molecule has 11 heteroatoms. The highest BCUT2D eigenvalue weighted by Gasteiger charge is 2.30. The molecule has 3 aromatic rings. The molecule has 3 heterocycles. The van der Waals surface area contributed by atoms with Crippen LogP contribution in [0.25, 0.3) is 5.52 Å². The van der Waals surface area contributed by atoms with Gasteiger partial charge in [0.15, 0.2) is 11.6 Å². The molecular weight excluding hydrogens is 388 g/mol. The number of methoxy groups -OCH3 is 1. The molecule has 30 heavy (non-hydrogen) atoms. The molecule has 0 atom stereocenters. The second kappa shape index (κ2) is 7.67. The summed E-state index contributed by atoms with van der Waals surface area (Å²) in [6.07, 6.45) is 5.94. The van der Waals surface area contributed by atoms with Crippen LogP contribution in [0, 0.1) is 17.2 Å². The fourth-order valence-electron chi connectivity index (χ4n) is 2.97. The smallest absolute Gasteiger partial charge is 0.254 e. The van der Waals surface area contributed by atoms with E-state index in [1.54, 1.807) is 6.07 Å². The predicted molar refractivity (Wildman–Crippen MR) is 107 cm³/mol. The van der Waals surface area contributed by atoms with E-state index < -0.39 is 0 Å². The average molecular weight is 406 g/mol. The Labute approximate surface area is 171 Å². The van der Waals surface area contributed by atoms with E-state index in [9.17, 15) is 14.9 Å². The van der Waals surface area contributed by atoms with Gasteiger partial charge in [-0.1, -0.05) is 0 Å². The number of nitriles is 1. The molecule has 1 aliphatic rings. The minimum Gasteiger partial charge on any atom is -0.491 e. The molecule has 1 fully saturated rings. The summed E-state index contributed by atoms with van der Waals surface area (Å²) in [5.41, 5.74) is 1.37. The summed E-state index contributed by atoms with van der Waals surface area (Å²) in [6.45, 7) is 0. The van der Waals surface area contributed by atoms with Crippen molar-refractivity contribution in [3.63, 3.8) is 0 Å². The van der Waals surface area contributed by atoms with Gasteiger partial charge in [0.1, 0.15) is 29.3 Å². The van der Waals surface area contributed by atoms with E-state index in [1.807, 2.05) is 0 Å². The predicted octanol–water partition coefficient (Wildman–Crippen LogP) is 1.46. The maximum atomic E-state index is 12.3. The number of carbonyl (C=O) groups excluding carboxylic acids is 2. The molecule has 4 rings (SSSR count). The number of carbonyl (C=O) groups is 2. The molecule has 0 saturated heterocycles. The van der Waals surface area contributed by atoms with Crippen LogP contribution in [0.1, 0.15) is 28.8 Å². The normalized spacial score (nSPS) is 12.8. The number of aromatic nitrogens is 4. The van der Waals surface area contributed by atoms with Crippen molar-refractivity contribution in [3.8, 4) is 11.8 Å². The van der Waals surface area contributed by atoms with Crippen molar-refractivity contribution >= 4 is 34.7 Å². The van der Waals surface area contributed by atoms with Crippen molar-refractivity contribution in [3.05, 3.63) is 35.9 Å². The Kier molecular flexibility index (Phi) is 4.89. The summed E-state index contributed by atoms with van der Waals surface area (Å²) < 4.78 is 6.90. The van der Waals surface area contributed by atoms with Gasteiger partial charge in [0.05, 0.1) is 24.6 Å². The van der Waals surface area contributed by atoms with Crippen LogP contribution in [0.2, 0.25) is 0 Å². The van der Waals surface area contributed by atoms with Gasteiger partial charge in [0, 0.05) is 25.2 Å². The van der Waals surface area contributed by atoms with Gasteiger partial charge in [-0.25, -0.2) is 14.5 Å². The van der Waals surface area contributed by atoms with Crippen molar-refractivity contribution < 1.29 is 14.3 Å². The Hall–Kier alpha value is -4.20. The highest BCUT2D eigenvalue weighted by molar-refractivity contribution is 6.01. The van der Waals surface area contributed by atoms with Crippen molar-refractivity contribution in [2.24, 2.45) is 5.92 Å². The fraction of sp³-hybridized carbons (Fsp3) is 0.263. The van der Waals surface area contributed by atoms with E-state index in [1.165, 1.54) is 37.4 Å². The third-order valence-corrected chi connectivity index (χ3v) is 4.67. The number of fused-ring (bicyclic) bond motifs is 1. The molecule has 0 spiro atoms. The minimum atomic E-state index is -0.368. The van der Waals surface area contributed by atoms with Crippen molar-refractivity contribution in [2.75, 3.05) is 24.8 Å². The Morgan fingerprint density at radius 1 is 1.30 bits per heavy atom. The first-order chi connectivity index (χ1) is 14.5. The Balaban J connectivity index is 1.76. The zero-order valence-electron chi connectivity index (χ0n) is 16.3. The first-order valence-electron chi connectivity index (χ1n) is 9.16. The number of pyridine rings is 1. The van der Waals surface area contributed by atoms with Crippen LogP contribution in [0.4, 0.5) is 17.3 Å². The third-order valence-electron chi connectivity index (χ3n) is 4.67. The lowest BCUT2D eigenvalue weighted by Gasteiger charge is -2.15. The molecule has 152 valence electrons. The van der Waals surface area contributed by atoms with Gasteiger partial charge in [-0.15, -0.1) is 0 Å². The number of hydrogen-bond acceptors (Lipinski definition) is 8. The maximum Gasteiger partial charge on any atom is 0.254 e. The maximum absolute atomic E-state index is 12.3. The summed E-state index contributed by atoms with van der Waals surface area (Å²) in [7, 11) is 2.95. The zero-order chi connectivity index (χ0) is 21.3. The molecule has 2 amide bonds. The van der Waals surface area contributed by atoms with E-state index in [0.29, 0.717) is 22.6 Å². The van der Waals surface area contributed by atoms with Crippen LogP contribution in [0.15, 0.2) is 24.8 Å². The van der Waals surface area contributed by atoms with Crippen molar-refractivity contribution in [1.82, 2.24) is 24.9 Å². The van der Waals surface area contributed by atoms with E-state index in [2.05, 4.69) is 37.1 Å². The highest BCUT2D eigenvalue weighted by atomic mass is 16.5. The van der Waals surface area contributed by atoms with Crippen LogP contribution in [-0.2, 0) is 4.79 Å². The third kappa shape index (κ3) is 3.46. The first kappa shape index (κ1) is 19.1. The number of ether oxygens (including phenoxy) is 1. The largest absolute Gasteiger partial charge is 0.491 e. The van der Waals surface area contributed by atoms with Gasteiger partial charge in [0.25, 0.3) is 5.91 Å². The average Bonchev–Trinajstić information content (AvgIpc) is 3.53. The molecule has 3 aromatic heterocycles. The van der Waals surface area contributed by atoms with Crippen LogP contribution in [0.3, 0.4) is 0 Å². The molecule has 11 nitrogen and oxygen atoms in total. The van der Waals surface area contributed by atoms with Crippen LogP contribution >= 0.6 is 0 Å². The molecule has 0 radical (unpaired) electrons. The number of amides is 2. The first-order valence-corrected chi connectivity index (χ1v) is 9.16. The minimum absolute atomic E-state index is 0.0114. The molecule has 0 aromatic carbocycles. The molecular formula is C19H18N8O3. The van der Waals surface area contributed by atoms with Gasteiger partial charge in [-0.05, 0) is 12.8 Å². The second-order valence-corrected chi connectivity index (χ2v) is 6.67. The fourth-order valence-corrected chi connectivity index (χ4v) is 2.97. The SMILES string of the molecule is CNC(=O)c1cnc(NC(=O)C2CC2)cc1Nc1ncn2ncc(C#N)c2c1OC. The second-order valence-electron chi connectivity index (χ2n) is 6.67. The summed E-state index contributed by atoms with van der Waals surface area (Å²) in [6, 6.07) is 3.61. The number of nitrogens with one attached hydrogen (secondary N) is 3. The Morgan fingerprint density at radius 2 is 2.10 bits per heavy atom. The Morgan fingerprint density at radius 3 is 2.77 bits per heavy atom. The quantitative estimate of drug-likeness (QED) is 0.557. The van der Waals surface area contributed by atoms with Gasteiger partial charge >= 0.3 is 0 Å². The van der Waals surface area contributed by atoms with E-state index in [-0.39, 0.29) is 34.9 Å². The molecule has 1 saturated carbocycles. The lowest BCUT2D eigenvalue weighted by Crippen LogP contribution is -2.21. The Bertz CT molecular complexity index is 1190. The molecule has 3 N–H and O–H groups in total. The standard InChI is InChI=1S/C19H18N8O3/c1-21-19(29)12-8-22-14(26-18(28)10-3-4-10)5-13(12)25-17-16(30-2)15-11(6-20)7-24-27(15)9-23-17/h5,7-10H,3-4H2,1-2H3,(H,21,29)(H2,22,25,26,28).